The maximum atomic E-state index is 13.0. The van der Waals surface area contributed by atoms with Crippen LogP contribution in [-0.4, -0.2) is 59.4 Å². The van der Waals surface area contributed by atoms with Crippen molar-refractivity contribution in [3.63, 3.8) is 0 Å². The van der Waals surface area contributed by atoms with Crippen LogP contribution in [0.25, 0.3) is 5.76 Å². The molecule has 3 rings (SSSR count). The van der Waals surface area contributed by atoms with Gasteiger partial charge in [0.25, 0.3) is 11.7 Å². The second-order valence-corrected chi connectivity index (χ2v) is 8.85. The molecule has 2 aromatic rings. The van der Waals surface area contributed by atoms with Gasteiger partial charge in [-0.1, -0.05) is 31.5 Å². The first-order valence-electron chi connectivity index (χ1n) is 10.9. The van der Waals surface area contributed by atoms with Gasteiger partial charge >= 0.3 is 0 Å². The third-order valence-electron chi connectivity index (χ3n) is 5.63. The van der Waals surface area contributed by atoms with E-state index in [4.69, 9.17) is 16.3 Å². The Hall–Kier alpha value is -2.35. The van der Waals surface area contributed by atoms with Crippen molar-refractivity contribution in [2.24, 2.45) is 0 Å². The van der Waals surface area contributed by atoms with Crippen molar-refractivity contribution in [3.05, 3.63) is 56.7 Å². The van der Waals surface area contributed by atoms with E-state index in [-0.39, 0.29) is 11.3 Å². The van der Waals surface area contributed by atoms with E-state index in [1.54, 1.807) is 23.1 Å². The molecular weight excluding hydrogens is 448 g/mol. The first kappa shape index (κ1) is 24.3. The normalized spacial score (nSPS) is 18.0. The van der Waals surface area contributed by atoms with Crippen molar-refractivity contribution in [2.75, 3.05) is 32.8 Å². The van der Waals surface area contributed by atoms with Crippen LogP contribution >= 0.6 is 22.9 Å². The number of carbonyl (C=O) groups is 2. The molecule has 1 aromatic heterocycles. The first-order valence-corrected chi connectivity index (χ1v) is 12.1. The highest BCUT2D eigenvalue weighted by molar-refractivity contribution is 7.10. The van der Waals surface area contributed by atoms with Crippen LogP contribution in [0.4, 0.5) is 0 Å². The van der Waals surface area contributed by atoms with E-state index in [0.29, 0.717) is 29.5 Å². The van der Waals surface area contributed by atoms with Gasteiger partial charge in [0.1, 0.15) is 11.5 Å². The Bertz CT molecular complexity index is 986. The molecule has 1 aliphatic rings. The lowest BCUT2D eigenvalue weighted by atomic mass is 9.99. The number of hydrogen-bond acceptors (Lipinski definition) is 6. The molecule has 1 amide bonds. The summed E-state index contributed by atoms with van der Waals surface area (Å²) in [4.78, 5) is 30.7. The Morgan fingerprint density at radius 1 is 1.22 bits per heavy atom. The van der Waals surface area contributed by atoms with Crippen LogP contribution in [0.2, 0.25) is 5.02 Å². The van der Waals surface area contributed by atoms with E-state index >= 15 is 0 Å². The summed E-state index contributed by atoms with van der Waals surface area (Å²) >= 11 is 7.75. The maximum absolute atomic E-state index is 13.0. The smallest absolute Gasteiger partial charge is 0.295 e. The third-order valence-corrected chi connectivity index (χ3v) is 6.85. The summed E-state index contributed by atoms with van der Waals surface area (Å²) in [6, 6.07) is 8.01. The van der Waals surface area contributed by atoms with Crippen LogP contribution in [0.3, 0.4) is 0 Å². The lowest BCUT2D eigenvalue weighted by molar-refractivity contribution is -0.139. The first-order chi connectivity index (χ1) is 15.4. The lowest BCUT2D eigenvalue weighted by Crippen LogP contribution is -2.33. The van der Waals surface area contributed by atoms with E-state index in [0.717, 1.165) is 30.9 Å². The average molecular weight is 477 g/mol. The minimum atomic E-state index is -0.672. The Morgan fingerprint density at radius 3 is 2.56 bits per heavy atom. The van der Waals surface area contributed by atoms with Crippen molar-refractivity contribution in [1.82, 2.24) is 9.80 Å². The highest BCUT2D eigenvalue weighted by Crippen LogP contribution is 2.41. The molecule has 1 fully saturated rings. The van der Waals surface area contributed by atoms with Gasteiger partial charge in [0.05, 0.1) is 23.2 Å². The quantitative estimate of drug-likeness (QED) is 0.298. The molecule has 32 heavy (non-hydrogen) atoms. The molecule has 0 spiro atoms. The number of ketones is 1. The standard InChI is InChI=1S/C24H29ClN2O4S/c1-4-26(5-2)12-8-13-27-21(19-9-7-14-32-19)20(23(29)24(27)30)22(28)16-10-11-18(31-6-3)17(25)15-16/h7,9-11,14-15,21,28H,4-6,8,12-13H2,1-3H3/b22-20-. The number of halogens is 1. The highest BCUT2D eigenvalue weighted by Gasteiger charge is 2.46. The predicted octanol–water partition coefficient (Wildman–Crippen LogP) is 4.95. The van der Waals surface area contributed by atoms with Crippen molar-refractivity contribution >= 4 is 40.4 Å². The van der Waals surface area contributed by atoms with Crippen molar-refractivity contribution in [2.45, 2.75) is 33.2 Å². The number of carbonyl (C=O) groups excluding carboxylic acids is 2. The van der Waals surface area contributed by atoms with E-state index in [9.17, 15) is 14.7 Å². The molecule has 1 atom stereocenters. The molecule has 1 saturated heterocycles. The van der Waals surface area contributed by atoms with Gasteiger partial charge in [0, 0.05) is 17.0 Å². The summed E-state index contributed by atoms with van der Waals surface area (Å²) in [5.41, 5.74) is 0.474. The van der Waals surface area contributed by atoms with Gasteiger partial charge in [-0.15, -0.1) is 11.3 Å². The SMILES string of the molecule is CCOc1ccc(/C(O)=C2/C(=O)C(=O)N(CCCN(CC)CC)C2c2cccs2)cc1Cl. The molecule has 2 heterocycles. The molecule has 1 aromatic carbocycles. The van der Waals surface area contributed by atoms with Crippen LogP contribution in [0.1, 0.15) is 43.7 Å². The lowest BCUT2D eigenvalue weighted by Gasteiger charge is -2.25. The second-order valence-electron chi connectivity index (χ2n) is 7.47. The van der Waals surface area contributed by atoms with Crippen LogP contribution in [0.15, 0.2) is 41.3 Å². The summed E-state index contributed by atoms with van der Waals surface area (Å²) < 4.78 is 5.45. The van der Waals surface area contributed by atoms with Gasteiger partial charge in [0.15, 0.2) is 0 Å². The monoisotopic (exact) mass is 476 g/mol. The fourth-order valence-electron chi connectivity index (χ4n) is 3.93. The molecule has 6 nitrogen and oxygen atoms in total. The zero-order valence-corrected chi connectivity index (χ0v) is 20.2. The Balaban J connectivity index is 1.97. The Kier molecular flexibility index (Phi) is 8.34. The van der Waals surface area contributed by atoms with E-state index < -0.39 is 17.7 Å². The number of amides is 1. The molecule has 0 saturated carbocycles. The highest BCUT2D eigenvalue weighted by atomic mass is 35.5. The Morgan fingerprint density at radius 2 is 1.97 bits per heavy atom. The largest absolute Gasteiger partial charge is 0.507 e. The van der Waals surface area contributed by atoms with Crippen molar-refractivity contribution in [3.8, 4) is 5.75 Å². The van der Waals surface area contributed by atoms with Gasteiger partial charge in [0.2, 0.25) is 0 Å². The number of likely N-dealkylation sites (tertiary alicyclic amines) is 1. The molecule has 8 heteroatoms. The summed E-state index contributed by atoms with van der Waals surface area (Å²) in [5, 5.41) is 13.3. The molecule has 0 bridgehead atoms. The third kappa shape index (κ3) is 5.00. The molecule has 1 N–H and O–H groups in total. The van der Waals surface area contributed by atoms with Gasteiger partial charge in [-0.05, 0) is 62.6 Å². The van der Waals surface area contributed by atoms with Gasteiger partial charge < -0.3 is 19.6 Å². The zero-order chi connectivity index (χ0) is 23.3. The summed E-state index contributed by atoms with van der Waals surface area (Å²) in [7, 11) is 0. The number of ether oxygens (including phenoxy) is 1. The topological polar surface area (TPSA) is 70.1 Å². The molecule has 1 aliphatic heterocycles. The molecule has 172 valence electrons. The average Bonchev–Trinajstić information content (AvgIpc) is 3.40. The predicted molar refractivity (Wildman–Crippen MR) is 128 cm³/mol. The number of Topliss-reactive ketones (excluding diaryl/α,β-unsaturated/α-hetero) is 1. The molecular formula is C24H29ClN2O4S. The van der Waals surface area contributed by atoms with E-state index in [2.05, 4.69) is 18.7 Å². The molecule has 1 unspecified atom stereocenters. The number of thiophene rings is 1. The van der Waals surface area contributed by atoms with Crippen LogP contribution in [0.5, 0.6) is 5.75 Å². The fourth-order valence-corrected chi connectivity index (χ4v) is 5.01. The van der Waals surface area contributed by atoms with E-state index in [1.165, 1.54) is 11.3 Å². The summed E-state index contributed by atoms with van der Waals surface area (Å²) in [5.74, 6) is -0.981. The number of nitrogens with zero attached hydrogens (tertiary/aromatic N) is 2. The van der Waals surface area contributed by atoms with Crippen molar-refractivity contribution in [1.29, 1.82) is 0 Å². The van der Waals surface area contributed by atoms with Gasteiger partial charge in [-0.3, -0.25) is 9.59 Å². The number of rotatable bonds is 10. The number of aliphatic hydroxyl groups excluding tert-OH is 1. The Labute approximate surface area is 198 Å². The van der Waals surface area contributed by atoms with Crippen molar-refractivity contribution < 1.29 is 19.4 Å². The van der Waals surface area contributed by atoms with Crippen LogP contribution in [-0.2, 0) is 9.59 Å². The van der Waals surface area contributed by atoms with Gasteiger partial charge in [-0.25, -0.2) is 0 Å². The summed E-state index contributed by atoms with van der Waals surface area (Å²) in [6.07, 6.45) is 0.742. The van der Waals surface area contributed by atoms with Crippen LogP contribution < -0.4 is 4.74 Å². The number of aliphatic hydroxyl groups is 1. The van der Waals surface area contributed by atoms with E-state index in [1.807, 2.05) is 24.4 Å². The second kappa shape index (κ2) is 11.0. The van der Waals surface area contributed by atoms with Crippen LogP contribution in [0, 0.1) is 0 Å². The number of benzene rings is 1. The minimum absolute atomic E-state index is 0.0977. The summed E-state index contributed by atoms with van der Waals surface area (Å²) in [6.45, 7) is 9.65. The minimum Gasteiger partial charge on any atom is -0.507 e. The molecule has 0 radical (unpaired) electrons. The van der Waals surface area contributed by atoms with Gasteiger partial charge in [-0.2, -0.15) is 0 Å². The zero-order valence-electron chi connectivity index (χ0n) is 18.6. The maximum Gasteiger partial charge on any atom is 0.295 e. The number of hydrogen-bond donors (Lipinski definition) is 1. The fraction of sp³-hybridized carbons (Fsp3) is 0.417. The molecule has 0 aliphatic carbocycles.